The minimum atomic E-state index is -0.243. The molecule has 0 atom stereocenters. The predicted octanol–water partition coefficient (Wildman–Crippen LogP) is 3.33. The molecule has 0 bridgehead atoms. The van der Waals surface area contributed by atoms with Crippen LogP contribution in [0.25, 0.3) is 11.4 Å². The summed E-state index contributed by atoms with van der Waals surface area (Å²) in [6.07, 6.45) is 1.51. The van der Waals surface area contributed by atoms with Gasteiger partial charge >= 0.3 is 0 Å². The normalized spacial score (nSPS) is 10.4. The van der Waals surface area contributed by atoms with Gasteiger partial charge < -0.3 is 19.2 Å². The number of carbonyl (C=O) groups is 1. The van der Waals surface area contributed by atoms with Gasteiger partial charge in [-0.1, -0.05) is 30.3 Å². The zero-order valence-corrected chi connectivity index (χ0v) is 14.2. The number of carbonyl (C=O) groups excluding carboxylic acids is 1. The molecule has 0 spiro atoms. The van der Waals surface area contributed by atoms with Gasteiger partial charge in [-0.3, -0.25) is 4.79 Å². The van der Waals surface area contributed by atoms with E-state index >= 15 is 0 Å². The summed E-state index contributed by atoms with van der Waals surface area (Å²) in [5.74, 6) is 1.57. The first-order valence-electron chi connectivity index (χ1n) is 7.63. The van der Waals surface area contributed by atoms with Gasteiger partial charge in [0.1, 0.15) is 11.5 Å². The monoisotopic (exact) mass is 338 g/mol. The third kappa shape index (κ3) is 3.06. The van der Waals surface area contributed by atoms with Crippen molar-refractivity contribution >= 4 is 5.78 Å². The molecule has 6 nitrogen and oxygen atoms in total. The van der Waals surface area contributed by atoms with E-state index in [1.165, 1.54) is 27.5 Å². The number of methoxy groups -OCH3 is 3. The average Bonchev–Trinajstić information content (AvgIpc) is 3.17. The van der Waals surface area contributed by atoms with Crippen LogP contribution in [0.1, 0.15) is 16.1 Å². The molecule has 1 N–H and O–H groups in total. The van der Waals surface area contributed by atoms with E-state index < -0.39 is 0 Å². The highest BCUT2D eigenvalue weighted by Crippen LogP contribution is 2.40. The van der Waals surface area contributed by atoms with Crippen LogP contribution in [-0.2, 0) is 0 Å². The Morgan fingerprint density at radius 2 is 1.64 bits per heavy atom. The van der Waals surface area contributed by atoms with E-state index in [2.05, 4.69) is 9.97 Å². The number of rotatable bonds is 6. The molecule has 2 aromatic carbocycles. The van der Waals surface area contributed by atoms with Crippen molar-refractivity contribution in [1.82, 2.24) is 9.97 Å². The highest BCUT2D eigenvalue weighted by atomic mass is 16.5. The average molecular weight is 338 g/mol. The van der Waals surface area contributed by atoms with Crippen molar-refractivity contribution in [2.75, 3.05) is 21.3 Å². The van der Waals surface area contributed by atoms with E-state index in [4.69, 9.17) is 14.2 Å². The second kappa shape index (κ2) is 7.09. The number of nitrogens with zero attached hydrogens (tertiary/aromatic N) is 1. The third-order valence-corrected chi connectivity index (χ3v) is 3.82. The zero-order valence-electron chi connectivity index (χ0n) is 14.2. The van der Waals surface area contributed by atoms with Gasteiger partial charge in [0, 0.05) is 5.56 Å². The van der Waals surface area contributed by atoms with Gasteiger partial charge in [-0.2, -0.15) is 0 Å². The lowest BCUT2D eigenvalue weighted by atomic mass is 10.1. The Morgan fingerprint density at radius 3 is 2.28 bits per heavy atom. The minimum Gasteiger partial charge on any atom is -0.493 e. The van der Waals surface area contributed by atoms with E-state index in [1.54, 1.807) is 12.1 Å². The molecule has 0 saturated carbocycles. The molecule has 0 saturated heterocycles. The van der Waals surface area contributed by atoms with Crippen LogP contribution in [-0.4, -0.2) is 37.1 Å². The van der Waals surface area contributed by atoms with Gasteiger partial charge in [0.15, 0.2) is 11.5 Å². The Morgan fingerprint density at radius 1 is 0.920 bits per heavy atom. The Labute approximate surface area is 145 Å². The molecule has 1 aromatic heterocycles. The molecule has 1 heterocycles. The second-order valence-corrected chi connectivity index (χ2v) is 5.22. The Hall–Kier alpha value is -3.28. The maximum absolute atomic E-state index is 12.9. The summed E-state index contributed by atoms with van der Waals surface area (Å²) in [6, 6.07) is 12.9. The van der Waals surface area contributed by atoms with E-state index in [-0.39, 0.29) is 5.78 Å². The second-order valence-electron chi connectivity index (χ2n) is 5.22. The minimum absolute atomic E-state index is 0.243. The number of benzene rings is 2. The Bertz CT molecular complexity index is 888. The van der Waals surface area contributed by atoms with E-state index in [0.29, 0.717) is 34.3 Å². The molecule has 6 heteroatoms. The fourth-order valence-electron chi connectivity index (χ4n) is 2.60. The van der Waals surface area contributed by atoms with Crippen molar-refractivity contribution in [3.8, 4) is 28.6 Å². The van der Waals surface area contributed by atoms with Crippen LogP contribution in [0.15, 0.2) is 48.7 Å². The summed E-state index contributed by atoms with van der Waals surface area (Å²) in [5.41, 5.74) is 1.63. The molecule has 25 heavy (non-hydrogen) atoms. The number of ether oxygens (including phenoxy) is 3. The van der Waals surface area contributed by atoms with Crippen molar-refractivity contribution < 1.29 is 19.0 Å². The van der Waals surface area contributed by atoms with Crippen LogP contribution in [0, 0.1) is 0 Å². The van der Waals surface area contributed by atoms with E-state index in [0.717, 1.165) is 5.56 Å². The van der Waals surface area contributed by atoms with Crippen LogP contribution < -0.4 is 14.2 Å². The van der Waals surface area contributed by atoms with E-state index in [1.807, 2.05) is 30.3 Å². The Balaban J connectivity index is 2.00. The molecule has 0 aliphatic carbocycles. The number of nitrogens with one attached hydrogen (secondary N) is 1. The lowest BCUT2D eigenvalue weighted by Crippen LogP contribution is -2.06. The first-order chi connectivity index (χ1) is 12.2. The number of ketones is 1. The van der Waals surface area contributed by atoms with Crippen LogP contribution in [0.2, 0.25) is 0 Å². The highest BCUT2D eigenvalue weighted by Gasteiger charge is 2.23. The molecule has 0 fully saturated rings. The first kappa shape index (κ1) is 16.6. The predicted molar refractivity (Wildman–Crippen MR) is 93.6 cm³/mol. The summed E-state index contributed by atoms with van der Waals surface area (Å²) in [4.78, 5) is 20.2. The van der Waals surface area contributed by atoms with Gasteiger partial charge in [0.05, 0.1) is 33.1 Å². The number of imidazole rings is 1. The van der Waals surface area contributed by atoms with Gasteiger partial charge in [-0.05, 0) is 12.1 Å². The van der Waals surface area contributed by atoms with Gasteiger partial charge in [0.25, 0.3) is 0 Å². The fraction of sp³-hybridized carbons (Fsp3) is 0.158. The highest BCUT2D eigenvalue weighted by molar-refractivity contribution is 6.10. The molecular formula is C19H18N2O4. The topological polar surface area (TPSA) is 73.4 Å². The third-order valence-electron chi connectivity index (χ3n) is 3.82. The number of H-pyrrole nitrogens is 1. The van der Waals surface area contributed by atoms with E-state index in [9.17, 15) is 4.79 Å². The van der Waals surface area contributed by atoms with Crippen molar-refractivity contribution in [1.29, 1.82) is 0 Å². The van der Waals surface area contributed by atoms with Crippen molar-refractivity contribution in [2.45, 2.75) is 0 Å². The number of hydrogen-bond acceptors (Lipinski definition) is 5. The van der Waals surface area contributed by atoms with Crippen molar-refractivity contribution in [3.05, 3.63) is 59.9 Å². The number of aromatic nitrogens is 2. The molecule has 0 amide bonds. The first-order valence-corrected chi connectivity index (χ1v) is 7.63. The standard InChI is InChI=1S/C19H18N2O4/c1-23-15-10-9-13(17(24-2)18(15)25-3)16(22)14-11-20-19(21-14)12-7-5-4-6-8-12/h4-11H,1-3H3,(H,20,21). The molecule has 0 aliphatic heterocycles. The lowest BCUT2D eigenvalue weighted by molar-refractivity contribution is 0.103. The van der Waals surface area contributed by atoms with Crippen LogP contribution in [0.4, 0.5) is 0 Å². The Kier molecular flexibility index (Phi) is 4.70. The molecule has 3 aromatic rings. The molecule has 3 rings (SSSR count). The molecular weight excluding hydrogens is 320 g/mol. The van der Waals surface area contributed by atoms with Crippen LogP contribution in [0.5, 0.6) is 17.2 Å². The van der Waals surface area contributed by atoms with Gasteiger partial charge in [-0.15, -0.1) is 0 Å². The van der Waals surface area contributed by atoms with Crippen LogP contribution >= 0.6 is 0 Å². The summed E-state index contributed by atoms with van der Waals surface area (Å²) >= 11 is 0. The van der Waals surface area contributed by atoms with Crippen molar-refractivity contribution in [2.24, 2.45) is 0 Å². The largest absolute Gasteiger partial charge is 0.493 e. The van der Waals surface area contributed by atoms with Gasteiger partial charge in [0.2, 0.25) is 11.5 Å². The quantitative estimate of drug-likeness (QED) is 0.698. The molecule has 0 aliphatic rings. The SMILES string of the molecule is COc1ccc(C(=O)c2cnc(-c3ccccc3)[nH]2)c(OC)c1OC. The summed E-state index contributed by atoms with van der Waals surface area (Å²) in [7, 11) is 4.51. The summed E-state index contributed by atoms with van der Waals surface area (Å²) in [5, 5.41) is 0. The molecule has 128 valence electrons. The lowest BCUT2D eigenvalue weighted by Gasteiger charge is -2.14. The maximum Gasteiger partial charge on any atom is 0.214 e. The maximum atomic E-state index is 12.9. The van der Waals surface area contributed by atoms with Crippen LogP contribution in [0.3, 0.4) is 0 Å². The van der Waals surface area contributed by atoms with Gasteiger partial charge in [-0.25, -0.2) is 4.98 Å². The molecule has 0 radical (unpaired) electrons. The summed E-state index contributed by atoms with van der Waals surface area (Å²) in [6.45, 7) is 0. The number of hydrogen-bond donors (Lipinski definition) is 1. The number of aromatic amines is 1. The fourth-order valence-corrected chi connectivity index (χ4v) is 2.60. The summed E-state index contributed by atoms with van der Waals surface area (Å²) < 4.78 is 16.0. The zero-order chi connectivity index (χ0) is 17.8. The smallest absolute Gasteiger partial charge is 0.214 e. The van der Waals surface area contributed by atoms with Crippen molar-refractivity contribution in [3.63, 3.8) is 0 Å². The molecule has 0 unspecified atom stereocenters.